The Balaban J connectivity index is 1.76. The third-order valence-corrected chi connectivity index (χ3v) is 5.16. The second kappa shape index (κ2) is 5.61. The van der Waals surface area contributed by atoms with Crippen LogP contribution in [0, 0.1) is 19.8 Å². The van der Waals surface area contributed by atoms with Crippen molar-refractivity contribution in [1.82, 2.24) is 9.97 Å². The summed E-state index contributed by atoms with van der Waals surface area (Å²) in [6, 6.07) is 4.18. The smallest absolute Gasteiger partial charge is 0.325 e. The Kier molecular flexibility index (Phi) is 3.93. The average Bonchev–Trinajstić information content (AvgIpc) is 2.37. The van der Waals surface area contributed by atoms with Crippen molar-refractivity contribution in [3.63, 3.8) is 0 Å². The van der Waals surface area contributed by atoms with Gasteiger partial charge in [-0.1, -0.05) is 0 Å². The molecule has 1 fully saturated rings. The highest BCUT2D eigenvalue weighted by Gasteiger charge is 2.30. The van der Waals surface area contributed by atoms with Gasteiger partial charge >= 0.3 is 7.60 Å². The quantitative estimate of drug-likeness (QED) is 0.840. The molecule has 1 aromatic heterocycles. The van der Waals surface area contributed by atoms with Crippen molar-refractivity contribution in [3.8, 4) is 0 Å². The summed E-state index contributed by atoms with van der Waals surface area (Å²) >= 11 is 0. The van der Waals surface area contributed by atoms with Gasteiger partial charge in [-0.2, -0.15) is 0 Å². The number of benzene rings is 1. The van der Waals surface area contributed by atoms with E-state index >= 15 is 0 Å². The summed E-state index contributed by atoms with van der Waals surface area (Å²) < 4.78 is 10.9. The van der Waals surface area contributed by atoms with Gasteiger partial charge in [0.1, 0.15) is 12.1 Å². The predicted octanol–water partition coefficient (Wildman–Crippen LogP) is 2.25. The van der Waals surface area contributed by atoms with Crippen molar-refractivity contribution in [2.24, 2.45) is 5.92 Å². The maximum absolute atomic E-state index is 10.9. The maximum Gasteiger partial charge on any atom is 0.325 e. The summed E-state index contributed by atoms with van der Waals surface area (Å²) in [5, 5.41) is 1.04. The molecule has 3 rings (SSSR count). The van der Waals surface area contributed by atoms with E-state index in [2.05, 4.69) is 40.8 Å². The molecule has 2 N–H and O–H groups in total. The molecule has 1 aliphatic heterocycles. The lowest BCUT2D eigenvalue weighted by Crippen LogP contribution is -2.47. The summed E-state index contributed by atoms with van der Waals surface area (Å²) in [5.74, 6) is 1.24. The molecule has 0 radical (unpaired) electrons. The van der Waals surface area contributed by atoms with Gasteiger partial charge in [-0.15, -0.1) is 0 Å². The minimum Gasteiger partial charge on any atom is -0.355 e. The summed E-state index contributed by atoms with van der Waals surface area (Å²) in [6.45, 7) is 5.72. The molecule has 0 saturated carbocycles. The number of aryl methyl sites for hydroxylation is 2. The van der Waals surface area contributed by atoms with E-state index in [9.17, 15) is 4.57 Å². The number of nitrogens with zero attached hydrogens (tertiary/aromatic N) is 3. The second-order valence-electron chi connectivity index (χ2n) is 6.10. The average molecular weight is 321 g/mol. The van der Waals surface area contributed by atoms with Gasteiger partial charge in [0.2, 0.25) is 0 Å². The maximum atomic E-state index is 10.9. The van der Waals surface area contributed by atoms with E-state index in [-0.39, 0.29) is 6.16 Å². The largest absolute Gasteiger partial charge is 0.355 e. The normalized spacial score (nSPS) is 16.1. The Bertz CT molecular complexity index is 753. The molecule has 1 aromatic carbocycles. The first-order valence-corrected chi connectivity index (χ1v) is 9.15. The Morgan fingerprint density at radius 3 is 2.59 bits per heavy atom. The Morgan fingerprint density at radius 2 is 1.91 bits per heavy atom. The van der Waals surface area contributed by atoms with Crippen LogP contribution in [0.5, 0.6) is 0 Å². The number of rotatable bonds is 4. The fourth-order valence-corrected chi connectivity index (χ4v) is 3.53. The first-order valence-electron chi connectivity index (χ1n) is 7.35. The number of fused-ring (bicyclic) bond motifs is 1. The number of anilines is 1. The van der Waals surface area contributed by atoms with Gasteiger partial charge in [0, 0.05) is 18.5 Å². The van der Waals surface area contributed by atoms with Crippen LogP contribution in [0.3, 0.4) is 0 Å². The lowest BCUT2D eigenvalue weighted by molar-refractivity contribution is 0.350. The van der Waals surface area contributed by atoms with E-state index in [1.54, 1.807) is 6.33 Å². The monoisotopic (exact) mass is 321 g/mol. The first-order chi connectivity index (χ1) is 10.3. The molecule has 22 heavy (non-hydrogen) atoms. The van der Waals surface area contributed by atoms with Gasteiger partial charge < -0.3 is 14.7 Å². The van der Waals surface area contributed by atoms with E-state index in [0.29, 0.717) is 12.3 Å². The van der Waals surface area contributed by atoms with Crippen LogP contribution in [-0.2, 0) is 4.57 Å². The van der Waals surface area contributed by atoms with Gasteiger partial charge in [-0.25, -0.2) is 9.97 Å². The molecule has 2 aromatic rings. The van der Waals surface area contributed by atoms with Gasteiger partial charge in [0.25, 0.3) is 0 Å². The van der Waals surface area contributed by atoms with Crippen LogP contribution < -0.4 is 4.90 Å². The highest BCUT2D eigenvalue weighted by atomic mass is 31.2. The Morgan fingerprint density at radius 1 is 1.23 bits per heavy atom. The number of hydrogen-bond acceptors (Lipinski definition) is 4. The van der Waals surface area contributed by atoms with E-state index in [0.717, 1.165) is 29.8 Å². The molecule has 0 bridgehead atoms. The highest BCUT2D eigenvalue weighted by molar-refractivity contribution is 7.51. The van der Waals surface area contributed by atoms with Gasteiger partial charge in [0.15, 0.2) is 0 Å². The zero-order chi connectivity index (χ0) is 15.9. The molecule has 2 heterocycles. The van der Waals surface area contributed by atoms with Crippen molar-refractivity contribution < 1.29 is 14.4 Å². The molecule has 0 unspecified atom stereocenters. The van der Waals surface area contributed by atoms with E-state index < -0.39 is 7.60 Å². The van der Waals surface area contributed by atoms with Crippen molar-refractivity contribution in [3.05, 3.63) is 29.6 Å². The molecular formula is C15H20N3O3P. The number of hydrogen-bond donors (Lipinski definition) is 2. The van der Waals surface area contributed by atoms with Crippen LogP contribution in [0.4, 0.5) is 5.82 Å². The standard InChI is InChI=1S/C15H20N3O3P/c1-10-5-13-14(6-11(10)2)16-9-17-15(13)18-7-12(8-18)3-4-22(19,20)21/h5-6,9,12H,3-4,7-8H2,1-2H3,(H2,19,20,21). The van der Waals surface area contributed by atoms with Crippen LogP contribution in [0.1, 0.15) is 17.5 Å². The van der Waals surface area contributed by atoms with Crippen molar-refractivity contribution in [1.29, 1.82) is 0 Å². The summed E-state index contributed by atoms with van der Waals surface area (Å²) in [7, 11) is -3.89. The third kappa shape index (κ3) is 3.14. The minimum absolute atomic E-state index is 0.0334. The highest BCUT2D eigenvalue weighted by Crippen LogP contribution is 2.38. The molecule has 1 aliphatic rings. The summed E-state index contributed by atoms with van der Waals surface area (Å²) in [5.41, 5.74) is 3.36. The van der Waals surface area contributed by atoms with Crippen molar-refractivity contribution in [2.45, 2.75) is 20.3 Å². The second-order valence-corrected chi connectivity index (χ2v) is 7.88. The SMILES string of the molecule is Cc1cc2ncnc(N3CC(CCP(=O)(O)O)C3)c2cc1C. The fraction of sp³-hybridized carbons (Fsp3) is 0.467. The fourth-order valence-electron chi connectivity index (χ4n) is 2.83. The lowest BCUT2D eigenvalue weighted by atomic mass is 9.96. The van der Waals surface area contributed by atoms with Crippen molar-refractivity contribution >= 4 is 24.3 Å². The predicted molar refractivity (Wildman–Crippen MR) is 86.2 cm³/mol. The molecule has 0 amide bonds. The van der Waals surface area contributed by atoms with Gasteiger partial charge in [-0.3, -0.25) is 4.57 Å². The van der Waals surface area contributed by atoms with E-state index in [1.165, 1.54) is 11.1 Å². The van der Waals surface area contributed by atoms with Crippen LogP contribution in [-0.4, -0.2) is 39.0 Å². The van der Waals surface area contributed by atoms with E-state index in [1.807, 2.05) is 0 Å². The lowest BCUT2D eigenvalue weighted by Gasteiger charge is -2.40. The topological polar surface area (TPSA) is 86.6 Å². The van der Waals surface area contributed by atoms with Gasteiger partial charge in [0.05, 0.1) is 11.7 Å². The zero-order valence-corrected chi connectivity index (χ0v) is 13.6. The van der Waals surface area contributed by atoms with Crippen LogP contribution in [0.2, 0.25) is 0 Å². The minimum atomic E-state index is -3.89. The third-order valence-electron chi connectivity index (χ3n) is 4.32. The Labute approximate surface area is 129 Å². The van der Waals surface area contributed by atoms with Crippen molar-refractivity contribution in [2.75, 3.05) is 24.2 Å². The first kappa shape index (κ1) is 15.4. The molecule has 7 heteroatoms. The number of aromatic nitrogens is 2. The molecular weight excluding hydrogens is 301 g/mol. The molecule has 1 saturated heterocycles. The summed E-state index contributed by atoms with van der Waals surface area (Å²) in [4.78, 5) is 28.8. The molecule has 0 aliphatic carbocycles. The molecule has 0 spiro atoms. The molecule has 0 atom stereocenters. The van der Waals surface area contributed by atoms with Crippen LogP contribution in [0.25, 0.3) is 10.9 Å². The molecule has 6 nitrogen and oxygen atoms in total. The molecule has 118 valence electrons. The zero-order valence-electron chi connectivity index (χ0n) is 12.7. The van der Waals surface area contributed by atoms with Crippen LogP contribution in [0.15, 0.2) is 18.5 Å². The Hall–Kier alpha value is -1.49. The van der Waals surface area contributed by atoms with Crippen LogP contribution >= 0.6 is 7.60 Å². The van der Waals surface area contributed by atoms with Gasteiger partial charge in [-0.05, 0) is 49.4 Å². The summed E-state index contributed by atoms with van der Waals surface area (Å²) in [6.07, 6.45) is 2.10. The van der Waals surface area contributed by atoms with E-state index in [4.69, 9.17) is 9.79 Å².